The molecule has 3 rings (SSSR count). The van der Waals surface area contributed by atoms with Crippen LogP contribution in [0.15, 0.2) is 83.8 Å². The highest BCUT2D eigenvalue weighted by Gasteiger charge is 2.21. The van der Waals surface area contributed by atoms with E-state index in [0.29, 0.717) is 11.6 Å². The number of nitrogens with one attached hydrogen (secondary N) is 1. The fourth-order valence-corrected chi connectivity index (χ4v) is 2.96. The van der Waals surface area contributed by atoms with Gasteiger partial charge in [-0.1, -0.05) is 64.6 Å². The Balaban J connectivity index is 0.000000855. The van der Waals surface area contributed by atoms with E-state index in [4.69, 9.17) is 0 Å². The number of aromatic hydroxyl groups is 1. The van der Waals surface area contributed by atoms with Crippen molar-refractivity contribution in [3.63, 3.8) is 0 Å². The third-order valence-corrected chi connectivity index (χ3v) is 4.14. The summed E-state index contributed by atoms with van der Waals surface area (Å²) in [6.07, 6.45) is 13.4. The van der Waals surface area contributed by atoms with Gasteiger partial charge in [-0.3, -0.25) is 0 Å². The lowest BCUT2D eigenvalue weighted by Crippen LogP contribution is -2.12. The van der Waals surface area contributed by atoms with Gasteiger partial charge in [0.25, 0.3) is 0 Å². The van der Waals surface area contributed by atoms with Crippen LogP contribution in [0.2, 0.25) is 0 Å². The fraction of sp³-hybridized carbons (Fsp3) is 0.333. The van der Waals surface area contributed by atoms with Crippen molar-refractivity contribution in [1.29, 1.82) is 0 Å². The summed E-state index contributed by atoms with van der Waals surface area (Å²) in [7, 11) is 0. The summed E-state index contributed by atoms with van der Waals surface area (Å²) in [6, 6.07) is 6.85. The minimum atomic E-state index is 0.192. The Kier molecular flexibility index (Phi) is 9.81. The molecule has 2 aliphatic rings. The van der Waals surface area contributed by atoms with Gasteiger partial charge in [-0.25, -0.2) is 0 Å². The summed E-state index contributed by atoms with van der Waals surface area (Å²) in [5.41, 5.74) is 3.26. The summed E-state index contributed by atoms with van der Waals surface area (Å²) >= 11 is 0. The number of rotatable bonds is 3. The number of fused-ring (bicyclic) bond motifs is 1. The number of aliphatic hydroxyl groups is 1. The Hall–Kier alpha value is -2.68. The lowest BCUT2D eigenvalue weighted by atomic mass is 9.84. The quantitative estimate of drug-likeness (QED) is 0.502. The molecule has 0 radical (unpaired) electrons. The molecule has 0 spiro atoms. The van der Waals surface area contributed by atoms with E-state index >= 15 is 0 Å². The van der Waals surface area contributed by atoms with E-state index in [1.807, 2.05) is 39.8 Å². The van der Waals surface area contributed by atoms with Gasteiger partial charge in [0, 0.05) is 28.9 Å². The van der Waals surface area contributed by atoms with E-state index < -0.39 is 0 Å². The van der Waals surface area contributed by atoms with Crippen molar-refractivity contribution in [3.8, 4) is 5.75 Å². The van der Waals surface area contributed by atoms with Gasteiger partial charge in [-0.15, -0.1) is 0 Å². The van der Waals surface area contributed by atoms with Crippen molar-refractivity contribution in [2.24, 2.45) is 5.92 Å². The molecule has 0 saturated heterocycles. The zero-order chi connectivity index (χ0) is 20.2. The summed E-state index contributed by atoms with van der Waals surface area (Å²) in [4.78, 5) is 0. The van der Waals surface area contributed by atoms with Crippen LogP contribution in [0.4, 0.5) is 5.69 Å². The Morgan fingerprint density at radius 3 is 2.56 bits per heavy atom. The normalized spacial score (nSPS) is 20.9. The summed E-state index contributed by atoms with van der Waals surface area (Å²) in [5.74, 6) is 0.723. The monoisotopic (exact) mass is 367 g/mol. The lowest BCUT2D eigenvalue weighted by Gasteiger charge is -2.24. The van der Waals surface area contributed by atoms with Crippen molar-refractivity contribution < 1.29 is 10.2 Å². The molecule has 1 unspecified atom stereocenters. The number of anilines is 1. The van der Waals surface area contributed by atoms with Crippen LogP contribution in [0.3, 0.4) is 0 Å². The maximum atomic E-state index is 10.4. The van der Waals surface area contributed by atoms with E-state index in [9.17, 15) is 10.2 Å². The molecule has 0 aromatic heterocycles. The molecule has 146 valence electrons. The third-order valence-electron chi connectivity index (χ3n) is 4.14. The van der Waals surface area contributed by atoms with Gasteiger partial charge in [0.1, 0.15) is 11.5 Å². The SMILES string of the molecule is C=C(Nc1cccc(O)c1)C1=CC2CC/C=C\C/C=C\2C=C1O.CC.CC. The molecule has 3 N–H and O–H groups in total. The van der Waals surface area contributed by atoms with Crippen LogP contribution in [0.1, 0.15) is 47.0 Å². The largest absolute Gasteiger partial charge is 0.508 e. The smallest absolute Gasteiger partial charge is 0.124 e. The van der Waals surface area contributed by atoms with Gasteiger partial charge in [0.2, 0.25) is 0 Å². The average Bonchev–Trinajstić information content (AvgIpc) is 2.66. The number of aliphatic hydroxyl groups excluding tert-OH is 1. The second-order valence-corrected chi connectivity index (χ2v) is 5.86. The summed E-state index contributed by atoms with van der Waals surface area (Å²) < 4.78 is 0. The van der Waals surface area contributed by atoms with Gasteiger partial charge in [-0.05, 0) is 43.0 Å². The molecule has 0 amide bonds. The number of phenols is 1. The molecule has 0 fully saturated rings. The molecule has 1 atom stereocenters. The molecular weight excluding hydrogens is 334 g/mol. The van der Waals surface area contributed by atoms with E-state index in [1.54, 1.807) is 18.2 Å². The number of hydrogen-bond acceptors (Lipinski definition) is 3. The molecule has 0 heterocycles. The summed E-state index contributed by atoms with van der Waals surface area (Å²) in [6.45, 7) is 12.0. The molecule has 1 aromatic rings. The van der Waals surface area contributed by atoms with Crippen LogP contribution in [0.5, 0.6) is 5.75 Å². The minimum Gasteiger partial charge on any atom is -0.508 e. The maximum absolute atomic E-state index is 10.4. The van der Waals surface area contributed by atoms with Crippen LogP contribution in [0, 0.1) is 5.92 Å². The molecule has 0 bridgehead atoms. The minimum absolute atomic E-state index is 0.192. The summed E-state index contributed by atoms with van der Waals surface area (Å²) in [5, 5.41) is 23.0. The van der Waals surface area contributed by atoms with E-state index in [2.05, 4.69) is 36.2 Å². The zero-order valence-electron chi connectivity index (χ0n) is 17.0. The first-order chi connectivity index (χ1) is 13.1. The highest BCUT2D eigenvalue weighted by molar-refractivity contribution is 5.60. The van der Waals surface area contributed by atoms with Crippen LogP contribution in [-0.4, -0.2) is 10.2 Å². The Morgan fingerprint density at radius 2 is 1.85 bits per heavy atom. The van der Waals surface area contributed by atoms with E-state index in [-0.39, 0.29) is 11.5 Å². The molecule has 27 heavy (non-hydrogen) atoms. The van der Waals surface area contributed by atoms with Gasteiger partial charge < -0.3 is 15.5 Å². The third kappa shape index (κ3) is 6.52. The van der Waals surface area contributed by atoms with Crippen LogP contribution in [0.25, 0.3) is 0 Å². The lowest BCUT2D eigenvalue weighted by molar-refractivity contribution is 0.419. The standard InChI is InChI=1S/C20H21NO2.2C2H6/c1-14(21-17-9-6-10-18(22)13-17)19-11-15-7-4-2-3-5-8-16(15)12-20(19)23;2*1-2/h2-3,6,8-13,15,21-23H,1,4-5,7H2;2*1-2H3/b3-2-,16-8-;;. The van der Waals surface area contributed by atoms with Crippen molar-refractivity contribution >= 4 is 5.69 Å². The number of allylic oxidation sites excluding steroid dienone is 6. The molecule has 3 heteroatoms. The van der Waals surface area contributed by atoms with E-state index in [0.717, 1.165) is 30.5 Å². The van der Waals surface area contributed by atoms with Gasteiger partial charge in [0.05, 0.1) is 0 Å². The Bertz CT molecular complexity index is 739. The predicted molar refractivity (Wildman–Crippen MR) is 117 cm³/mol. The van der Waals surface area contributed by atoms with Crippen molar-refractivity contribution in [2.75, 3.05) is 5.32 Å². The Morgan fingerprint density at radius 1 is 1.11 bits per heavy atom. The topological polar surface area (TPSA) is 52.5 Å². The van der Waals surface area contributed by atoms with Crippen LogP contribution in [-0.2, 0) is 0 Å². The van der Waals surface area contributed by atoms with Gasteiger partial charge in [0.15, 0.2) is 0 Å². The first-order valence-corrected chi connectivity index (χ1v) is 9.87. The number of phenolic OH excluding ortho intramolecular Hbond substituents is 1. The molecular formula is C24H33NO2. The average molecular weight is 368 g/mol. The highest BCUT2D eigenvalue weighted by Crippen LogP contribution is 2.34. The zero-order valence-corrected chi connectivity index (χ0v) is 17.0. The fourth-order valence-electron chi connectivity index (χ4n) is 2.96. The van der Waals surface area contributed by atoms with Crippen LogP contribution >= 0.6 is 0 Å². The number of hydrogen-bond donors (Lipinski definition) is 3. The second kappa shape index (κ2) is 11.8. The first-order valence-electron chi connectivity index (χ1n) is 9.87. The molecule has 3 nitrogen and oxygen atoms in total. The van der Waals surface area contributed by atoms with Crippen molar-refractivity contribution in [1.82, 2.24) is 0 Å². The van der Waals surface area contributed by atoms with Crippen molar-refractivity contribution in [2.45, 2.75) is 47.0 Å². The van der Waals surface area contributed by atoms with E-state index in [1.165, 1.54) is 5.57 Å². The van der Waals surface area contributed by atoms with Crippen molar-refractivity contribution in [3.05, 3.63) is 83.8 Å². The number of benzene rings is 1. The maximum Gasteiger partial charge on any atom is 0.124 e. The molecule has 0 saturated carbocycles. The van der Waals surface area contributed by atoms with Crippen LogP contribution < -0.4 is 5.32 Å². The highest BCUT2D eigenvalue weighted by atomic mass is 16.3. The first kappa shape index (κ1) is 22.4. The predicted octanol–water partition coefficient (Wildman–Crippen LogP) is 7.03. The molecule has 0 aliphatic heterocycles. The molecule has 2 aliphatic carbocycles. The molecule has 1 aromatic carbocycles. The van der Waals surface area contributed by atoms with Gasteiger partial charge >= 0.3 is 0 Å². The second-order valence-electron chi connectivity index (χ2n) is 5.86. The Labute approximate surface area is 164 Å². The van der Waals surface area contributed by atoms with Gasteiger partial charge in [-0.2, -0.15) is 0 Å².